The van der Waals surface area contributed by atoms with Crippen molar-refractivity contribution >= 4 is 11.7 Å². The van der Waals surface area contributed by atoms with Gasteiger partial charge in [0.1, 0.15) is 0 Å². The van der Waals surface area contributed by atoms with Crippen molar-refractivity contribution < 1.29 is 13.5 Å². The van der Waals surface area contributed by atoms with Crippen molar-refractivity contribution in [1.29, 1.82) is 0 Å². The smallest absolute Gasteiger partial charge is 0.254 e. The van der Waals surface area contributed by atoms with Crippen molar-refractivity contribution in [3.63, 3.8) is 0 Å². The van der Waals surface area contributed by atoms with E-state index in [0.29, 0.717) is 29.8 Å². The van der Waals surface area contributed by atoms with E-state index in [0.717, 1.165) is 49.6 Å². The van der Waals surface area contributed by atoms with Crippen LogP contribution >= 0.6 is 0 Å². The molecule has 0 saturated carbocycles. The van der Waals surface area contributed by atoms with Gasteiger partial charge in [0.2, 0.25) is 5.95 Å². The first-order chi connectivity index (χ1) is 12.6. The average molecular weight is 359 g/mol. The molecule has 0 atom stereocenters. The second-order valence-corrected chi connectivity index (χ2v) is 6.46. The molecule has 4 rings (SSSR count). The van der Waals surface area contributed by atoms with Gasteiger partial charge in [0, 0.05) is 31.4 Å². The Hall–Kier alpha value is -2.61. The summed E-state index contributed by atoms with van der Waals surface area (Å²) in [5.74, 6) is -0.444. The van der Waals surface area contributed by atoms with Crippen molar-refractivity contribution in [3.8, 4) is 0 Å². The zero-order valence-corrected chi connectivity index (χ0v) is 14.4. The van der Waals surface area contributed by atoms with Crippen LogP contribution in [0.3, 0.4) is 0 Å². The van der Waals surface area contributed by atoms with Crippen LogP contribution in [-0.4, -0.2) is 32.8 Å². The first-order valence-electron chi connectivity index (χ1n) is 8.60. The monoisotopic (exact) mass is 359 g/mol. The topological polar surface area (TPSA) is 64.3 Å². The highest BCUT2D eigenvalue weighted by atomic mass is 19.2. The Kier molecular flexibility index (Phi) is 4.50. The first-order valence-corrected chi connectivity index (χ1v) is 8.60. The normalized spacial score (nSPS) is 15.5. The Balaban J connectivity index is 1.59. The van der Waals surface area contributed by atoms with Crippen LogP contribution in [0.25, 0.3) is 5.78 Å². The van der Waals surface area contributed by atoms with E-state index in [4.69, 9.17) is 4.74 Å². The number of benzene rings is 1. The SMILES string of the molecule is Cc1cc(C2CCOCC2)n2nc(NCc3ccc(F)c(F)c3)nc2n1. The summed E-state index contributed by atoms with van der Waals surface area (Å²) in [6.45, 7) is 3.71. The van der Waals surface area contributed by atoms with E-state index in [1.54, 1.807) is 4.52 Å². The maximum Gasteiger partial charge on any atom is 0.254 e. The van der Waals surface area contributed by atoms with Crippen LogP contribution in [-0.2, 0) is 11.3 Å². The molecular weight excluding hydrogens is 340 g/mol. The van der Waals surface area contributed by atoms with E-state index >= 15 is 0 Å². The predicted molar refractivity (Wildman–Crippen MR) is 92.0 cm³/mol. The van der Waals surface area contributed by atoms with Crippen LogP contribution in [0.15, 0.2) is 24.3 Å². The number of halogens is 2. The first kappa shape index (κ1) is 16.8. The molecule has 3 heterocycles. The van der Waals surface area contributed by atoms with E-state index in [1.807, 2.05) is 13.0 Å². The van der Waals surface area contributed by atoms with Gasteiger partial charge in [0.15, 0.2) is 11.6 Å². The standard InChI is InChI=1S/C18H19F2N5O/c1-11-8-16(13-4-6-26-7-5-13)25-18(22-11)23-17(24-25)21-10-12-2-3-14(19)15(20)9-12/h2-3,8-9,13H,4-7,10H2,1H3,(H,21,24). The second-order valence-electron chi connectivity index (χ2n) is 6.46. The van der Waals surface area contributed by atoms with Crippen molar-refractivity contribution in [1.82, 2.24) is 19.6 Å². The van der Waals surface area contributed by atoms with Gasteiger partial charge in [-0.2, -0.15) is 9.50 Å². The minimum Gasteiger partial charge on any atom is -0.381 e. The highest BCUT2D eigenvalue weighted by Crippen LogP contribution is 2.27. The molecule has 1 aliphatic rings. The van der Waals surface area contributed by atoms with Gasteiger partial charge in [0.25, 0.3) is 5.78 Å². The highest BCUT2D eigenvalue weighted by Gasteiger charge is 2.21. The lowest BCUT2D eigenvalue weighted by Crippen LogP contribution is -2.17. The molecule has 6 nitrogen and oxygen atoms in total. The van der Waals surface area contributed by atoms with Gasteiger partial charge in [0.05, 0.1) is 5.69 Å². The van der Waals surface area contributed by atoms with E-state index < -0.39 is 11.6 Å². The quantitative estimate of drug-likeness (QED) is 0.775. The molecule has 3 aromatic rings. The molecule has 0 spiro atoms. The van der Waals surface area contributed by atoms with E-state index in [9.17, 15) is 8.78 Å². The molecule has 0 unspecified atom stereocenters. The van der Waals surface area contributed by atoms with Crippen molar-refractivity contribution in [3.05, 3.63) is 52.9 Å². The molecule has 8 heteroatoms. The largest absolute Gasteiger partial charge is 0.381 e. The van der Waals surface area contributed by atoms with Gasteiger partial charge in [-0.15, -0.1) is 5.10 Å². The van der Waals surface area contributed by atoms with Crippen LogP contribution in [0.5, 0.6) is 0 Å². The predicted octanol–water partition coefficient (Wildman–Crippen LogP) is 3.22. The van der Waals surface area contributed by atoms with E-state index in [2.05, 4.69) is 20.4 Å². The number of ether oxygens (including phenoxy) is 1. The molecule has 1 fully saturated rings. The molecule has 1 N–H and O–H groups in total. The second kappa shape index (κ2) is 6.95. The summed E-state index contributed by atoms with van der Waals surface area (Å²) < 4.78 is 33.5. The molecule has 136 valence electrons. The number of hydrogen-bond acceptors (Lipinski definition) is 5. The number of anilines is 1. The Morgan fingerprint density at radius 2 is 1.96 bits per heavy atom. The van der Waals surface area contributed by atoms with E-state index in [1.165, 1.54) is 6.07 Å². The lowest BCUT2D eigenvalue weighted by atomic mass is 9.96. The minimum atomic E-state index is -0.869. The zero-order chi connectivity index (χ0) is 18.1. The summed E-state index contributed by atoms with van der Waals surface area (Å²) in [7, 11) is 0. The van der Waals surface area contributed by atoms with Crippen molar-refractivity contribution in [2.75, 3.05) is 18.5 Å². The number of aromatic nitrogens is 4. The molecule has 26 heavy (non-hydrogen) atoms. The molecule has 0 radical (unpaired) electrons. The van der Waals surface area contributed by atoms with Gasteiger partial charge in [-0.1, -0.05) is 6.07 Å². The molecule has 0 amide bonds. The molecule has 1 saturated heterocycles. The van der Waals surface area contributed by atoms with Crippen molar-refractivity contribution in [2.45, 2.75) is 32.2 Å². The fourth-order valence-corrected chi connectivity index (χ4v) is 3.20. The summed E-state index contributed by atoms with van der Waals surface area (Å²) in [4.78, 5) is 8.86. The number of nitrogens with zero attached hydrogens (tertiary/aromatic N) is 4. The van der Waals surface area contributed by atoms with Gasteiger partial charge in [-0.3, -0.25) is 0 Å². The fraction of sp³-hybridized carbons (Fsp3) is 0.389. The molecule has 1 aromatic carbocycles. The summed E-state index contributed by atoms with van der Waals surface area (Å²) in [6.07, 6.45) is 1.88. The number of fused-ring (bicyclic) bond motifs is 1. The Labute approximate surface area is 149 Å². The maximum atomic E-state index is 13.3. The summed E-state index contributed by atoms with van der Waals surface area (Å²) in [5, 5.41) is 7.56. The lowest BCUT2D eigenvalue weighted by molar-refractivity contribution is 0.0840. The van der Waals surface area contributed by atoms with Crippen LogP contribution in [0.2, 0.25) is 0 Å². The Bertz CT molecular complexity index is 937. The molecule has 0 aliphatic carbocycles. The number of nitrogens with one attached hydrogen (secondary N) is 1. The van der Waals surface area contributed by atoms with Crippen molar-refractivity contribution in [2.24, 2.45) is 0 Å². The number of rotatable bonds is 4. The third-order valence-corrected chi connectivity index (χ3v) is 4.54. The summed E-state index contributed by atoms with van der Waals surface area (Å²) >= 11 is 0. The Morgan fingerprint density at radius 3 is 2.73 bits per heavy atom. The molecule has 0 bridgehead atoms. The van der Waals surface area contributed by atoms with Gasteiger partial charge in [-0.05, 0) is 43.5 Å². The van der Waals surface area contributed by atoms with Crippen LogP contribution in [0, 0.1) is 18.6 Å². The van der Waals surface area contributed by atoms with Crippen LogP contribution < -0.4 is 5.32 Å². The summed E-state index contributed by atoms with van der Waals surface area (Å²) in [6, 6.07) is 5.83. The minimum absolute atomic E-state index is 0.291. The van der Waals surface area contributed by atoms with E-state index in [-0.39, 0.29) is 0 Å². The average Bonchev–Trinajstić information content (AvgIpc) is 3.05. The zero-order valence-electron chi connectivity index (χ0n) is 14.4. The van der Waals surface area contributed by atoms with Gasteiger partial charge < -0.3 is 10.1 Å². The number of hydrogen-bond donors (Lipinski definition) is 1. The third-order valence-electron chi connectivity index (χ3n) is 4.54. The summed E-state index contributed by atoms with van der Waals surface area (Å²) in [5.41, 5.74) is 2.57. The highest BCUT2D eigenvalue weighted by molar-refractivity contribution is 5.40. The third kappa shape index (κ3) is 3.37. The Morgan fingerprint density at radius 1 is 1.15 bits per heavy atom. The van der Waals surface area contributed by atoms with Gasteiger partial charge >= 0.3 is 0 Å². The van der Waals surface area contributed by atoms with Gasteiger partial charge in [-0.25, -0.2) is 13.8 Å². The molecule has 2 aromatic heterocycles. The molecular formula is C18H19F2N5O. The maximum absolute atomic E-state index is 13.3. The van der Waals surface area contributed by atoms with Crippen LogP contribution in [0.4, 0.5) is 14.7 Å². The molecule has 1 aliphatic heterocycles. The van der Waals surface area contributed by atoms with Crippen LogP contribution in [0.1, 0.15) is 35.7 Å². The number of aryl methyl sites for hydroxylation is 1. The lowest BCUT2D eigenvalue weighted by Gasteiger charge is -2.22. The fourth-order valence-electron chi connectivity index (χ4n) is 3.20.